The number of nitrogens with one attached hydrogen (secondary N) is 2. The lowest BCUT2D eigenvalue weighted by atomic mass is 10.0. The summed E-state index contributed by atoms with van der Waals surface area (Å²) in [5.41, 5.74) is 1.01. The summed E-state index contributed by atoms with van der Waals surface area (Å²) in [6, 6.07) is 14.0. The van der Waals surface area contributed by atoms with Gasteiger partial charge in [-0.2, -0.15) is 0 Å². The Bertz CT molecular complexity index is 700. The van der Waals surface area contributed by atoms with Gasteiger partial charge in [-0.25, -0.2) is 9.78 Å². The number of carbonyl (C=O) groups excluding carboxylic acids is 2. The minimum Gasteiger partial charge on any atom is -0.341 e. The quantitative estimate of drug-likeness (QED) is 0.879. The van der Waals surface area contributed by atoms with Gasteiger partial charge < -0.3 is 10.2 Å². The minimum absolute atomic E-state index is 0.0301. The number of hydrogen-bond donors (Lipinski definition) is 2. The molecule has 0 spiro atoms. The second-order valence-electron chi connectivity index (χ2n) is 6.09. The van der Waals surface area contributed by atoms with Gasteiger partial charge in [0.2, 0.25) is 5.91 Å². The first-order valence-electron chi connectivity index (χ1n) is 8.53. The fraction of sp³-hybridized carbons (Fsp3) is 0.316. The molecule has 6 nitrogen and oxygen atoms in total. The van der Waals surface area contributed by atoms with Crippen molar-refractivity contribution in [3.63, 3.8) is 0 Å². The summed E-state index contributed by atoms with van der Waals surface area (Å²) in [5, 5.41) is 5.48. The number of amides is 3. The van der Waals surface area contributed by atoms with E-state index in [4.69, 9.17) is 0 Å². The van der Waals surface area contributed by atoms with E-state index >= 15 is 0 Å². The molecule has 2 aromatic rings. The molecule has 3 amide bonds. The summed E-state index contributed by atoms with van der Waals surface area (Å²) in [6.45, 7) is 1.52. The van der Waals surface area contributed by atoms with Crippen LogP contribution in [0.2, 0.25) is 0 Å². The zero-order chi connectivity index (χ0) is 17.5. The van der Waals surface area contributed by atoms with Gasteiger partial charge in [0.25, 0.3) is 0 Å². The molecule has 2 heterocycles. The fourth-order valence-corrected chi connectivity index (χ4v) is 2.96. The molecule has 2 N–H and O–H groups in total. The lowest BCUT2D eigenvalue weighted by molar-refractivity contribution is -0.132. The first-order chi connectivity index (χ1) is 12.2. The highest BCUT2D eigenvalue weighted by Gasteiger charge is 2.28. The summed E-state index contributed by atoms with van der Waals surface area (Å²) in [5.74, 6) is 0.421. The van der Waals surface area contributed by atoms with Crippen LogP contribution in [0, 0.1) is 0 Å². The Morgan fingerprint density at radius 3 is 2.44 bits per heavy atom. The van der Waals surface area contributed by atoms with Gasteiger partial charge >= 0.3 is 6.03 Å². The van der Waals surface area contributed by atoms with Crippen LogP contribution in [0.15, 0.2) is 54.7 Å². The van der Waals surface area contributed by atoms with Crippen LogP contribution < -0.4 is 10.6 Å². The zero-order valence-electron chi connectivity index (χ0n) is 14.0. The molecule has 0 radical (unpaired) electrons. The van der Waals surface area contributed by atoms with Crippen LogP contribution in [-0.4, -0.2) is 41.0 Å². The molecule has 1 fully saturated rings. The van der Waals surface area contributed by atoms with Gasteiger partial charge in [0.15, 0.2) is 0 Å². The Kier molecular flexibility index (Phi) is 5.61. The number of rotatable bonds is 5. The van der Waals surface area contributed by atoms with E-state index in [2.05, 4.69) is 15.6 Å². The normalized spacial score (nSPS) is 14.8. The lowest BCUT2D eigenvalue weighted by Gasteiger charge is -2.24. The summed E-state index contributed by atoms with van der Waals surface area (Å²) < 4.78 is 0. The van der Waals surface area contributed by atoms with Gasteiger partial charge in [0.05, 0.1) is 0 Å². The molecule has 3 rings (SSSR count). The molecule has 25 heavy (non-hydrogen) atoms. The minimum atomic E-state index is -0.593. The van der Waals surface area contributed by atoms with Crippen molar-refractivity contribution in [2.45, 2.75) is 25.3 Å². The SMILES string of the molecule is O=C(Nc1ccccn1)N[C@@H](Cc1ccccc1)C(=O)N1CCCC1. The first kappa shape index (κ1) is 17.0. The molecule has 6 heteroatoms. The largest absolute Gasteiger partial charge is 0.341 e. The third-order valence-electron chi connectivity index (χ3n) is 4.21. The van der Waals surface area contributed by atoms with Gasteiger partial charge in [0, 0.05) is 25.7 Å². The maximum atomic E-state index is 12.8. The van der Waals surface area contributed by atoms with Crippen LogP contribution in [-0.2, 0) is 11.2 Å². The topological polar surface area (TPSA) is 74.3 Å². The number of hydrogen-bond acceptors (Lipinski definition) is 3. The van der Waals surface area contributed by atoms with Crippen molar-refractivity contribution in [3.05, 3.63) is 60.3 Å². The second kappa shape index (κ2) is 8.28. The predicted molar refractivity (Wildman–Crippen MR) is 96.1 cm³/mol. The van der Waals surface area contributed by atoms with Gasteiger partial charge in [-0.1, -0.05) is 36.4 Å². The van der Waals surface area contributed by atoms with E-state index in [9.17, 15) is 9.59 Å². The van der Waals surface area contributed by atoms with Crippen LogP contribution in [0.1, 0.15) is 18.4 Å². The standard InChI is InChI=1S/C19H22N4O2/c24-18(23-12-6-7-13-23)16(14-15-8-2-1-3-9-15)21-19(25)22-17-10-4-5-11-20-17/h1-5,8-11,16H,6-7,12-14H2,(H2,20,21,22,25)/t16-/m0/s1. The molecule has 1 aliphatic rings. The zero-order valence-corrected chi connectivity index (χ0v) is 14.0. The van der Waals surface area contributed by atoms with E-state index in [0.29, 0.717) is 12.2 Å². The smallest absolute Gasteiger partial charge is 0.321 e. The van der Waals surface area contributed by atoms with Crippen molar-refractivity contribution in [1.29, 1.82) is 0 Å². The summed E-state index contributed by atoms with van der Waals surface area (Å²) >= 11 is 0. The van der Waals surface area contributed by atoms with E-state index in [1.165, 1.54) is 0 Å². The number of aromatic nitrogens is 1. The van der Waals surface area contributed by atoms with Crippen molar-refractivity contribution < 1.29 is 9.59 Å². The van der Waals surface area contributed by atoms with Crippen molar-refractivity contribution in [3.8, 4) is 0 Å². The molecule has 0 bridgehead atoms. The monoisotopic (exact) mass is 338 g/mol. The van der Waals surface area contributed by atoms with Crippen LogP contribution in [0.4, 0.5) is 10.6 Å². The van der Waals surface area contributed by atoms with E-state index in [1.54, 1.807) is 24.4 Å². The molecule has 0 aliphatic carbocycles. The number of anilines is 1. The van der Waals surface area contributed by atoms with E-state index in [1.807, 2.05) is 35.2 Å². The Labute approximate surface area is 147 Å². The summed E-state index contributed by atoms with van der Waals surface area (Å²) in [6.07, 6.45) is 4.10. The van der Waals surface area contributed by atoms with Crippen LogP contribution in [0.3, 0.4) is 0 Å². The maximum absolute atomic E-state index is 12.8. The van der Waals surface area contributed by atoms with Crippen LogP contribution >= 0.6 is 0 Å². The number of carbonyl (C=O) groups is 2. The maximum Gasteiger partial charge on any atom is 0.321 e. The highest BCUT2D eigenvalue weighted by Crippen LogP contribution is 2.12. The fourth-order valence-electron chi connectivity index (χ4n) is 2.96. The third-order valence-corrected chi connectivity index (χ3v) is 4.21. The number of nitrogens with zero attached hydrogens (tertiary/aromatic N) is 2. The van der Waals surface area contributed by atoms with Crippen LogP contribution in [0.5, 0.6) is 0 Å². The Morgan fingerprint density at radius 1 is 1.04 bits per heavy atom. The van der Waals surface area contributed by atoms with Gasteiger partial charge in [-0.15, -0.1) is 0 Å². The summed E-state index contributed by atoms with van der Waals surface area (Å²) in [7, 11) is 0. The molecule has 0 saturated carbocycles. The average molecular weight is 338 g/mol. The summed E-state index contributed by atoms with van der Waals surface area (Å²) in [4.78, 5) is 31.0. The van der Waals surface area contributed by atoms with E-state index in [0.717, 1.165) is 31.5 Å². The average Bonchev–Trinajstić information content (AvgIpc) is 3.17. The molecular weight excluding hydrogens is 316 g/mol. The molecule has 1 aliphatic heterocycles. The number of benzene rings is 1. The molecule has 0 unspecified atom stereocenters. The Morgan fingerprint density at radius 2 is 1.76 bits per heavy atom. The third kappa shape index (κ3) is 4.79. The Balaban J connectivity index is 1.68. The molecular formula is C19H22N4O2. The van der Waals surface area contributed by atoms with Crippen molar-refractivity contribution in [1.82, 2.24) is 15.2 Å². The van der Waals surface area contributed by atoms with Crippen LogP contribution in [0.25, 0.3) is 0 Å². The molecule has 1 aromatic carbocycles. The second-order valence-corrected chi connectivity index (χ2v) is 6.09. The lowest BCUT2D eigenvalue weighted by Crippen LogP contribution is -2.50. The number of pyridine rings is 1. The van der Waals surface area contributed by atoms with Gasteiger partial charge in [-0.05, 0) is 30.5 Å². The first-order valence-corrected chi connectivity index (χ1v) is 8.53. The van der Waals surface area contributed by atoms with Gasteiger partial charge in [0.1, 0.15) is 11.9 Å². The highest BCUT2D eigenvalue weighted by atomic mass is 16.2. The molecule has 1 saturated heterocycles. The molecule has 1 atom stereocenters. The van der Waals surface area contributed by atoms with Crippen molar-refractivity contribution in [2.24, 2.45) is 0 Å². The van der Waals surface area contributed by atoms with Crippen molar-refractivity contribution in [2.75, 3.05) is 18.4 Å². The molecule has 130 valence electrons. The predicted octanol–water partition coefficient (Wildman–Crippen LogP) is 2.44. The van der Waals surface area contributed by atoms with E-state index in [-0.39, 0.29) is 5.91 Å². The van der Waals surface area contributed by atoms with Crippen molar-refractivity contribution >= 4 is 17.8 Å². The Hall–Kier alpha value is -2.89. The highest BCUT2D eigenvalue weighted by molar-refractivity contribution is 5.93. The molecule has 1 aromatic heterocycles. The van der Waals surface area contributed by atoms with E-state index < -0.39 is 12.1 Å². The number of urea groups is 1. The van der Waals surface area contributed by atoms with Gasteiger partial charge in [-0.3, -0.25) is 10.1 Å². The number of likely N-dealkylation sites (tertiary alicyclic amines) is 1.